The highest BCUT2D eigenvalue weighted by Gasteiger charge is 2.25. The number of alkyl carbamates (subject to hydrolysis) is 1. The van der Waals surface area contributed by atoms with Crippen molar-refractivity contribution in [1.82, 2.24) is 5.32 Å². The van der Waals surface area contributed by atoms with Crippen molar-refractivity contribution < 1.29 is 19.1 Å². The van der Waals surface area contributed by atoms with E-state index in [1.165, 1.54) is 0 Å². The molecule has 1 atom stereocenters. The van der Waals surface area contributed by atoms with Crippen LogP contribution < -0.4 is 5.32 Å². The second-order valence-electron chi connectivity index (χ2n) is 5.98. The Morgan fingerprint density at radius 1 is 1.18 bits per heavy atom. The van der Waals surface area contributed by atoms with Crippen LogP contribution in [-0.2, 0) is 20.7 Å². The van der Waals surface area contributed by atoms with E-state index in [1.54, 1.807) is 27.7 Å². The zero-order valence-corrected chi connectivity index (χ0v) is 13.7. The minimum absolute atomic E-state index is 0.274. The Balaban J connectivity index is 2.63. The number of benzene rings is 1. The Bertz CT molecular complexity index is 479. The number of aryl methyl sites for hydroxylation is 1. The lowest BCUT2D eigenvalue weighted by Crippen LogP contribution is -2.44. The molecule has 22 heavy (non-hydrogen) atoms. The van der Waals surface area contributed by atoms with Gasteiger partial charge in [0.1, 0.15) is 11.6 Å². The number of hydrogen-bond acceptors (Lipinski definition) is 4. The molecule has 1 amide bonds. The van der Waals surface area contributed by atoms with Gasteiger partial charge in [-0.15, -0.1) is 0 Å². The van der Waals surface area contributed by atoms with Gasteiger partial charge in [0.15, 0.2) is 0 Å². The van der Waals surface area contributed by atoms with Crippen molar-refractivity contribution in [3.8, 4) is 0 Å². The molecule has 1 rings (SSSR count). The van der Waals surface area contributed by atoms with Gasteiger partial charge < -0.3 is 14.8 Å². The van der Waals surface area contributed by atoms with Crippen molar-refractivity contribution in [3.05, 3.63) is 35.9 Å². The standard InChI is InChI=1S/C17H25NO4/c1-5-21-15(19)14(18-16(20)22-17(2,3)4)12-11-13-9-7-6-8-10-13/h6-10,14H,5,11-12H2,1-4H3,(H,18,20). The molecular weight excluding hydrogens is 282 g/mol. The first kappa shape index (κ1) is 18.0. The molecule has 1 unspecified atom stereocenters. The Morgan fingerprint density at radius 3 is 2.36 bits per heavy atom. The van der Waals surface area contributed by atoms with Gasteiger partial charge in [-0.1, -0.05) is 30.3 Å². The van der Waals surface area contributed by atoms with E-state index in [0.717, 1.165) is 5.56 Å². The van der Waals surface area contributed by atoms with Gasteiger partial charge in [0.2, 0.25) is 0 Å². The molecule has 0 radical (unpaired) electrons. The lowest BCUT2D eigenvalue weighted by atomic mass is 10.1. The molecule has 0 aliphatic rings. The number of amides is 1. The SMILES string of the molecule is CCOC(=O)C(CCc1ccccc1)NC(=O)OC(C)(C)C. The van der Waals surface area contributed by atoms with Crippen molar-refractivity contribution in [2.45, 2.75) is 52.2 Å². The minimum Gasteiger partial charge on any atom is -0.464 e. The second kappa shape index (κ2) is 8.41. The zero-order valence-electron chi connectivity index (χ0n) is 13.7. The largest absolute Gasteiger partial charge is 0.464 e. The van der Waals surface area contributed by atoms with Crippen LogP contribution in [0, 0.1) is 0 Å². The van der Waals surface area contributed by atoms with Crippen molar-refractivity contribution in [2.24, 2.45) is 0 Å². The number of ether oxygens (including phenoxy) is 2. The first-order chi connectivity index (χ1) is 10.3. The molecule has 0 aromatic heterocycles. The van der Waals surface area contributed by atoms with E-state index in [2.05, 4.69) is 5.32 Å². The molecule has 1 N–H and O–H groups in total. The highest BCUT2D eigenvalue weighted by atomic mass is 16.6. The quantitative estimate of drug-likeness (QED) is 0.820. The summed E-state index contributed by atoms with van der Waals surface area (Å²) in [6.45, 7) is 7.33. The van der Waals surface area contributed by atoms with Gasteiger partial charge in [-0.25, -0.2) is 9.59 Å². The Morgan fingerprint density at radius 2 is 1.82 bits per heavy atom. The summed E-state index contributed by atoms with van der Waals surface area (Å²) in [5.41, 5.74) is 0.491. The smallest absolute Gasteiger partial charge is 0.408 e. The van der Waals surface area contributed by atoms with Crippen molar-refractivity contribution in [3.63, 3.8) is 0 Å². The molecule has 1 aromatic rings. The molecule has 0 heterocycles. The molecule has 0 spiro atoms. The van der Waals surface area contributed by atoms with E-state index < -0.39 is 23.7 Å². The summed E-state index contributed by atoms with van der Waals surface area (Å²) in [6, 6.07) is 9.07. The van der Waals surface area contributed by atoms with E-state index >= 15 is 0 Å². The van der Waals surface area contributed by atoms with Crippen LogP contribution in [0.15, 0.2) is 30.3 Å². The summed E-state index contributed by atoms with van der Waals surface area (Å²) < 4.78 is 10.2. The number of esters is 1. The topological polar surface area (TPSA) is 64.6 Å². The summed E-state index contributed by atoms with van der Waals surface area (Å²) in [4.78, 5) is 23.8. The molecule has 122 valence electrons. The fraction of sp³-hybridized carbons (Fsp3) is 0.529. The Hall–Kier alpha value is -2.04. The summed E-state index contributed by atoms with van der Waals surface area (Å²) in [7, 11) is 0. The van der Waals surface area contributed by atoms with Crippen LogP contribution in [0.2, 0.25) is 0 Å². The molecule has 0 fully saturated rings. The maximum atomic E-state index is 12.0. The van der Waals surface area contributed by atoms with Crippen molar-refractivity contribution in [2.75, 3.05) is 6.61 Å². The molecule has 1 aromatic carbocycles. The fourth-order valence-electron chi connectivity index (χ4n) is 1.90. The molecule has 0 bridgehead atoms. The Labute approximate surface area is 132 Å². The summed E-state index contributed by atoms with van der Waals surface area (Å²) in [5.74, 6) is -0.440. The maximum absolute atomic E-state index is 12.0. The van der Waals surface area contributed by atoms with Crippen LogP contribution in [0.4, 0.5) is 4.79 Å². The maximum Gasteiger partial charge on any atom is 0.408 e. The van der Waals surface area contributed by atoms with E-state index in [9.17, 15) is 9.59 Å². The van der Waals surface area contributed by atoms with Crippen molar-refractivity contribution >= 4 is 12.1 Å². The molecule has 0 aliphatic carbocycles. The number of rotatable bonds is 6. The predicted molar refractivity (Wildman–Crippen MR) is 84.6 cm³/mol. The molecule has 0 aliphatic heterocycles. The van der Waals surface area contributed by atoms with Crippen LogP contribution >= 0.6 is 0 Å². The highest BCUT2D eigenvalue weighted by molar-refractivity contribution is 5.81. The highest BCUT2D eigenvalue weighted by Crippen LogP contribution is 2.10. The van der Waals surface area contributed by atoms with E-state index in [4.69, 9.17) is 9.47 Å². The van der Waals surface area contributed by atoms with Gasteiger partial charge in [0.25, 0.3) is 0 Å². The molecule has 0 saturated heterocycles. The normalized spacial score (nSPS) is 12.4. The van der Waals surface area contributed by atoms with Gasteiger partial charge >= 0.3 is 12.1 Å². The molecule has 5 heteroatoms. The average Bonchev–Trinajstić information content (AvgIpc) is 2.42. The molecular formula is C17H25NO4. The molecule has 5 nitrogen and oxygen atoms in total. The van der Waals surface area contributed by atoms with Crippen molar-refractivity contribution in [1.29, 1.82) is 0 Å². The van der Waals surface area contributed by atoms with Gasteiger partial charge in [-0.05, 0) is 46.1 Å². The molecule has 0 saturated carbocycles. The Kier molecular flexibility index (Phi) is 6.89. The van der Waals surface area contributed by atoms with Crippen LogP contribution in [0.3, 0.4) is 0 Å². The van der Waals surface area contributed by atoms with Gasteiger partial charge in [0, 0.05) is 0 Å². The third-order valence-electron chi connectivity index (χ3n) is 2.83. The fourth-order valence-corrected chi connectivity index (χ4v) is 1.90. The second-order valence-corrected chi connectivity index (χ2v) is 5.98. The number of nitrogens with one attached hydrogen (secondary N) is 1. The van der Waals surface area contributed by atoms with Crippen LogP contribution in [0.1, 0.15) is 39.7 Å². The number of hydrogen-bond donors (Lipinski definition) is 1. The van der Waals surface area contributed by atoms with E-state index in [1.807, 2.05) is 30.3 Å². The monoisotopic (exact) mass is 307 g/mol. The van der Waals surface area contributed by atoms with E-state index in [-0.39, 0.29) is 6.61 Å². The number of carbonyl (C=O) groups excluding carboxylic acids is 2. The van der Waals surface area contributed by atoms with Gasteiger partial charge in [0.05, 0.1) is 6.61 Å². The summed E-state index contributed by atoms with van der Waals surface area (Å²) in [6.07, 6.45) is 0.515. The average molecular weight is 307 g/mol. The third-order valence-corrected chi connectivity index (χ3v) is 2.83. The van der Waals surface area contributed by atoms with Crippen LogP contribution in [-0.4, -0.2) is 30.3 Å². The van der Waals surface area contributed by atoms with E-state index in [0.29, 0.717) is 12.8 Å². The zero-order chi connectivity index (χ0) is 16.6. The summed E-state index contributed by atoms with van der Waals surface area (Å²) in [5, 5.41) is 2.59. The summed E-state index contributed by atoms with van der Waals surface area (Å²) >= 11 is 0. The van der Waals surface area contributed by atoms with Gasteiger partial charge in [-0.3, -0.25) is 0 Å². The van der Waals surface area contributed by atoms with Gasteiger partial charge in [-0.2, -0.15) is 0 Å². The number of carbonyl (C=O) groups is 2. The first-order valence-corrected chi connectivity index (χ1v) is 7.52. The lowest BCUT2D eigenvalue weighted by Gasteiger charge is -2.22. The predicted octanol–water partition coefficient (Wildman–Crippen LogP) is 3.08. The lowest BCUT2D eigenvalue weighted by molar-refractivity contribution is -0.145. The van der Waals surface area contributed by atoms with Crippen LogP contribution in [0.5, 0.6) is 0 Å². The first-order valence-electron chi connectivity index (χ1n) is 7.52. The minimum atomic E-state index is -0.713. The van der Waals surface area contributed by atoms with Crippen LogP contribution in [0.25, 0.3) is 0 Å². The third kappa shape index (κ3) is 7.11.